The first-order valence-corrected chi connectivity index (χ1v) is 8.68. The molecule has 0 amide bonds. The van der Waals surface area contributed by atoms with E-state index < -0.39 is 0 Å². The number of rotatable bonds is 6. The molecule has 0 N–H and O–H groups in total. The van der Waals surface area contributed by atoms with Gasteiger partial charge in [-0.05, 0) is 57.2 Å². The molecule has 25 heavy (non-hydrogen) atoms. The molecule has 0 spiro atoms. The average molecular weight is 332 g/mol. The van der Waals surface area contributed by atoms with Crippen molar-refractivity contribution in [3.05, 3.63) is 90.3 Å². The fraction of sp³-hybridized carbons (Fsp3) is 0.286. The van der Waals surface area contributed by atoms with E-state index in [0.717, 1.165) is 17.1 Å². The highest BCUT2D eigenvalue weighted by Gasteiger charge is 2.30. The van der Waals surface area contributed by atoms with Gasteiger partial charge in [-0.3, -0.25) is 19.9 Å². The molecular weight excluding hydrogens is 308 g/mol. The standard InChI is InChI=1S/C21H24N4/c1-16(19-10-4-7-13-22-19)25(17(2)20-11-5-8-14-23-20)18(3)21-12-6-9-15-24-21/h4-18H,1-3H3. The molecule has 0 aliphatic carbocycles. The van der Waals surface area contributed by atoms with Gasteiger partial charge in [-0.2, -0.15) is 0 Å². The predicted octanol–water partition coefficient (Wildman–Crippen LogP) is 4.76. The van der Waals surface area contributed by atoms with Gasteiger partial charge in [0.05, 0.1) is 35.2 Å². The maximum atomic E-state index is 4.57. The first-order chi connectivity index (χ1) is 12.2. The summed E-state index contributed by atoms with van der Waals surface area (Å²) >= 11 is 0. The number of hydrogen-bond donors (Lipinski definition) is 0. The summed E-state index contributed by atoms with van der Waals surface area (Å²) in [5.41, 5.74) is 3.15. The van der Waals surface area contributed by atoms with Crippen molar-refractivity contribution in [2.45, 2.75) is 38.9 Å². The van der Waals surface area contributed by atoms with Crippen LogP contribution in [0.3, 0.4) is 0 Å². The van der Waals surface area contributed by atoms with Crippen LogP contribution in [0.4, 0.5) is 0 Å². The summed E-state index contributed by atoms with van der Waals surface area (Å²) in [6.45, 7) is 6.59. The lowest BCUT2D eigenvalue weighted by molar-refractivity contribution is 0.0959. The Hall–Kier alpha value is -2.59. The van der Waals surface area contributed by atoms with E-state index in [2.05, 4.69) is 58.8 Å². The zero-order valence-electron chi connectivity index (χ0n) is 14.9. The highest BCUT2D eigenvalue weighted by atomic mass is 15.2. The third-order valence-electron chi connectivity index (χ3n) is 4.69. The lowest BCUT2D eigenvalue weighted by Gasteiger charge is -2.38. The number of nitrogens with zero attached hydrogens (tertiary/aromatic N) is 4. The van der Waals surface area contributed by atoms with Gasteiger partial charge >= 0.3 is 0 Å². The first-order valence-electron chi connectivity index (χ1n) is 8.68. The van der Waals surface area contributed by atoms with Crippen molar-refractivity contribution in [3.8, 4) is 0 Å². The minimum Gasteiger partial charge on any atom is -0.278 e. The van der Waals surface area contributed by atoms with Gasteiger partial charge in [-0.1, -0.05) is 18.2 Å². The minimum absolute atomic E-state index is 0.134. The molecule has 4 nitrogen and oxygen atoms in total. The molecular formula is C21H24N4. The Labute approximate surface area is 149 Å². The zero-order chi connectivity index (χ0) is 17.6. The monoisotopic (exact) mass is 332 g/mol. The SMILES string of the molecule is CC(c1ccccn1)N(C(C)c1ccccn1)C(C)c1ccccn1. The van der Waals surface area contributed by atoms with Gasteiger partial charge in [0.1, 0.15) is 0 Å². The molecule has 0 aliphatic rings. The second-order valence-electron chi connectivity index (χ2n) is 6.24. The third-order valence-corrected chi connectivity index (χ3v) is 4.69. The van der Waals surface area contributed by atoms with Gasteiger partial charge in [0.15, 0.2) is 0 Å². The Kier molecular flexibility index (Phi) is 5.51. The van der Waals surface area contributed by atoms with Crippen LogP contribution >= 0.6 is 0 Å². The fourth-order valence-corrected chi connectivity index (χ4v) is 3.33. The first kappa shape index (κ1) is 17.2. The van der Waals surface area contributed by atoms with Crippen LogP contribution < -0.4 is 0 Å². The van der Waals surface area contributed by atoms with Crippen molar-refractivity contribution >= 4 is 0 Å². The summed E-state index contributed by atoms with van der Waals surface area (Å²) in [6.07, 6.45) is 5.54. The van der Waals surface area contributed by atoms with E-state index >= 15 is 0 Å². The largest absolute Gasteiger partial charge is 0.278 e. The maximum absolute atomic E-state index is 4.57. The van der Waals surface area contributed by atoms with E-state index in [1.54, 1.807) is 0 Å². The van der Waals surface area contributed by atoms with Crippen LogP contribution in [0.2, 0.25) is 0 Å². The molecule has 0 saturated heterocycles. The van der Waals surface area contributed by atoms with Crippen molar-refractivity contribution in [3.63, 3.8) is 0 Å². The number of pyridine rings is 3. The highest BCUT2D eigenvalue weighted by Crippen LogP contribution is 2.36. The van der Waals surface area contributed by atoms with Crippen molar-refractivity contribution in [1.29, 1.82) is 0 Å². The van der Waals surface area contributed by atoms with Crippen molar-refractivity contribution < 1.29 is 0 Å². The predicted molar refractivity (Wildman–Crippen MR) is 99.8 cm³/mol. The molecule has 3 aromatic heterocycles. The van der Waals surface area contributed by atoms with Gasteiger partial charge in [-0.15, -0.1) is 0 Å². The molecule has 0 aliphatic heterocycles. The van der Waals surface area contributed by atoms with Gasteiger partial charge in [0.25, 0.3) is 0 Å². The molecule has 3 aromatic rings. The van der Waals surface area contributed by atoms with Crippen LogP contribution in [-0.4, -0.2) is 19.9 Å². The molecule has 0 saturated carbocycles. The van der Waals surface area contributed by atoms with E-state index in [1.807, 2.05) is 55.0 Å². The Morgan fingerprint density at radius 1 is 0.560 bits per heavy atom. The summed E-state index contributed by atoms with van der Waals surface area (Å²) in [6, 6.07) is 18.6. The van der Waals surface area contributed by atoms with Crippen molar-refractivity contribution in [2.75, 3.05) is 0 Å². The van der Waals surface area contributed by atoms with Crippen LogP contribution in [0.5, 0.6) is 0 Å². The quantitative estimate of drug-likeness (QED) is 0.653. The topological polar surface area (TPSA) is 41.9 Å². The summed E-state index contributed by atoms with van der Waals surface area (Å²) in [5.74, 6) is 0. The Bertz CT molecular complexity index is 654. The molecule has 3 rings (SSSR count). The van der Waals surface area contributed by atoms with Crippen LogP contribution in [-0.2, 0) is 0 Å². The van der Waals surface area contributed by atoms with Gasteiger partial charge in [-0.25, -0.2) is 0 Å². The molecule has 0 bridgehead atoms. The molecule has 0 aromatic carbocycles. The van der Waals surface area contributed by atoms with Gasteiger partial charge in [0, 0.05) is 18.6 Å². The summed E-state index contributed by atoms with van der Waals surface area (Å²) < 4.78 is 0. The molecule has 0 fully saturated rings. The van der Waals surface area contributed by atoms with E-state index in [-0.39, 0.29) is 18.1 Å². The second-order valence-corrected chi connectivity index (χ2v) is 6.24. The molecule has 128 valence electrons. The summed E-state index contributed by atoms with van der Waals surface area (Å²) in [7, 11) is 0. The Balaban J connectivity index is 1.99. The smallest absolute Gasteiger partial charge is 0.0573 e. The third kappa shape index (κ3) is 3.91. The van der Waals surface area contributed by atoms with E-state index in [1.165, 1.54) is 0 Å². The van der Waals surface area contributed by atoms with Crippen LogP contribution in [0.25, 0.3) is 0 Å². The zero-order valence-corrected chi connectivity index (χ0v) is 14.9. The summed E-state index contributed by atoms with van der Waals surface area (Å²) in [5, 5.41) is 0. The Morgan fingerprint density at radius 2 is 0.880 bits per heavy atom. The lowest BCUT2D eigenvalue weighted by atomic mass is 10.0. The van der Waals surface area contributed by atoms with Gasteiger partial charge < -0.3 is 0 Å². The fourth-order valence-electron chi connectivity index (χ4n) is 3.33. The highest BCUT2D eigenvalue weighted by molar-refractivity contribution is 5.16. The van der Waals surface area contributed by atoms with E-state index in [4.69, 9.17) is 0 Å². The second kappa shape index (κ2) is 7.99. The van der Waals surface area contributed by atoms with Gasteiger partial charge in [0.2, 0.25) is 0 Å². The van der Waals surface area contributed by atoms with E-state index in [0.29, 0.717) is 0 Å². The van der Waals surface area contributed by atoms with Crippen molar-refractivity contribution in [2.24, 2.45) is 0 Å². The molecule has 3 atom stereocenters. The van der Waals surface area contributed by atoms with Crippen molar-refractivity contribution in [1.82, 2.24) is 19.9 Å². The normalized spacial score (nSPS) is 14.9. The number of hydrogen-bond acceptors (Lipinski definition) is 4. The van der Waals surface area contributed by atoms with Crippen LogP contribution in [0, 0.1) is 0 Å². The number of aromatic nitrogens is 3. The van der Waals surface area contributed by atoms with E-state index in [9.17, 15) is 0 Å². The molecule has 3 heterocycles. The van der Waals surface area contributed by atoms with Crippen LogP contribution in [0.15, 0.2) is 73.2 Å². The van der Waals surface area contributed by atoms with Crippen LogP contribution in [0.1, 0.15) is 56.0 Å². The molecule has 0 radical (unpaired) electrons. The maximum Gasteiger partial charge on any atom is 0.0573 e. The molecule has 3 unspecified atom stereocenters. The minimum atomic E-state index is 0.134. The summed E-state index contributed by atoms with van der Waals surface area (Å²) in [4.78, 5) is 16.1. The molecule has 4 heteroatoms. The lowest BCUT2D eigenvalue weighted by Crippen LogP contribution is -2.34. The Morgan fingerprint density at radius 3 is 1.12 bits per heavy atom. The average Bonchev–Trinajstić information content (AvgIpc) is 2.70.